The van der Waals surface area contributed by atoms with Gasteiger partial charge in [-0.3, -0.25) is 4.79 Å². The summed E-state index contributed by atoms with van der Waals surface area (Å²) in [6.07, 6.45) is 8.74. The van der Waals surface area contributed by atoms with Crippen molar-refractivity contribution < 1.29 is 17.9 Å². The van der Waals surface area contributed by atoms with Gasteiger partial charge in [0.05, 0.1) is 12.4 Å². The van der Waals surface area contributed by atoms with E-state index in [0.717, 1.165) is 45.1 Å². The summed E-state index contributed by atoms with van der Waals surface area (Å²) in [6.45, 7) is 1.58. The van der Waals surface area contributed by atoms with Crippen molar-refractivity contribution in [1.29, 1.82) is 0 Å². The number of carbonyl (C=O) groups excluding carboxylic acids is 1. The van der Waals surface area contributed by atoms with Gasteiger partial charge in [-0.1, -0.05) is 19.3 Å². The predicted octanol–water partition coefficient (Wildman–Crippen LogP) is 1.27. The third kappa shape index (κ3) is 5.52. The van der Waals surface area contributed by atoms with Gasteiger partial charge in [-0.15, -0.1) is 0 Å². The van der Waals surface area contributed by atoms with E-state index in [2.05, 4.69) is 5.32 Å². The Morgan fingerprint density at radius 1 is 1.18 bits per heavy atom. The molecule has 1 amide bonds. The van der Waals surface area contributed by atoms with Crippen LogP contribution in [-0.2, 0) is 19.6 Å². The van der Waals surface area contributed by atoms with Gasteiger partial charge >= 0.3 is 0 Å². The SMILES string of the molecule is CS(=O)(=O)N(CCC(=O)NCC1CCCO1)C1CCCCC1. The van der Waals surface area contributed by atoms with Crippen LogP contribution in [0.3, 0.4) is 0 Å². The normalized spacial score (nSPS) is 23.8. The smallest absolute Gasteiger partial charge is 0.221 e. The molecule has 2 aliphatic rings. The fourth-order valence-corrected chi connectivity index (χ4v) is 4.50. The summed E-state index contributed by atoms with van der Waals surface area (Å²) >= 11 is 0. The zero-order valence-electron chi connectivity index (χ0n) is 13.4. The molecule has 0 aromatic rings. The first-order valence-corrected chi connectivity index (χ1v) is 10.2. The Hall–Kier alpha value is -0.660. The van der Waals surface area contributed by atoms with Gasteiger partial charge in [-0.2, -0.15) is 4.31 Å². The van der Waals surface area contributed by atoms with E-state index in [9.17, 15) is 13.2 Å². The minimum Gasteiger partial charge on any atom is -0.376 e. The van der Waals surface area contributed by atoms with Crippen molar-refractivity contribution >= 4 is 15.9 Å². The molecule has 7 heteroatoms. The molecule has 1 heterocycles. The number of rotatable bonds is 7. The number of amides is 1. The van der Waals surface area contributed by atoms with Gasteiger partial charge in [0.25, 0.3) is 0 Å². The molecule has 6 nitrogen and oxygen atoms in total. The van der Waals surface area contributed by atoms with Crippen LogP contribution in [0, 0.1) is 0 Å². The van der Waals surface area contributed by atoms with Gasteiger partial charge in [0.2, 0.25) is 15.9 Å². The first kappa shape index (κ1) is 17.7. The molecule has 0 aromatic heterocycles. The molecule has 2 rings (SSSR count). The average molecular weight is 332 g/mol. The second-order valence-corrected chi connectivity index (χ2v) is 8.29. The number of nitrogens with zero attached hydrogens (tertiary/aromatic N) is 1. The van der Waals surface area contributed by atoms with Crippen LogP contribution in [0.1, 0.15) is 51.4 Å². The molecule has 1 N–H and O–H groups in total. The van der Waals surface area contributed by atoms with Gasteiger partial charge in [0.1, 0.15) is 0 Å². The Balaban J connectivity index is 1.78. The van der Waals surface area contributed by atoms with Crippen LogP contribution in [0.4, 0.5) is 0 Å². The first-order chi connectivity index (χ1) is 10.5. The zero-order chi connectivity index (χ0) is 16.0. The van der Waals surface area contributed by atoms with E-state index >= 15 is 0 Å². The van der Waals surface area contributed by atoms with Crippen LogP contribution in [0.2, 0.25) is 0 Å². The molecule has 22 heavy (non-hydrogen) atoms. The van der Waals surface area contributed by atoms with E-state index < -0.39 is 10.0 Å². The van der Waals surface area contributed by atoms with Crippen molar-refractivity contribution in [3.05, 3.63) is 0 Å². The molecule has 1 saturated carbocycles. The first-order valence-electron chi connectivity index (χ1n) is 8.32. The van der Waals surface area contributed by atoms with Crippen LogP contribution in [0.25, 0.3) is 0 Å². The molecule has 0 aromatic carbocycles. The third-order valence-electron chi connectivity index (χ3n) is 4.52. The summed E-state index contributed by atoms with van der Waals surface area (Å²) in [5.74, 6) is -0.0973. The topological polar surface area (TPSA) is 75.7 Å². The number of hydrogen-bond acceptors (Lipinski definition) is 4. The van der Waals surface area contributed by atoms with E-state index in [1.807, 2.05) is 0 Å². The molecule has 1 saturated heterocycles. The summed E-state index contributed by atoms with van der Waals surface area (Å²) in [7, 11) is -3.26. The number of nitrogens with one attached hydrogen (secondary N) is 1. The second-order valence-electron chi connectivity index (χ2n) is 6.35. The van der Waals surface area contributed by atoms with Crippen molar-refractivity contribution in [3.63, 3.8) is 0 Å². The third-order valence-corrected chi connectivity index (χ3v) is 5.85. The average Bonchev–Trinajstić information content (AvgIpc) is 2.98. The number of ether oxygens (including phenoxy) is 1. The van der Waals surface area contributed by atoms with Crippen LogP contribution in [0.5, 0.6) is 0 Å². The molecular formula is C15H28N2O4S. The summed E-state index contributed by atoms with van der Waals surface area (Å²) in [5.41, 5.74) is 0. The van der Waals surface area contributed by atoms with Crippen LogP contribution in [-0.4, -0.2) is 56.7 Å². The molecule has 128 valence electrons. The van der Waals surface area contributed by atoms with Crippen LogP contribution < -0.4 is 5.32 Å². The molecular weight excluding hydrogens is 304 g/mol. The lowest BCUT2D eigenvalue weighted by atomic mass is 9.95. The lowest BCUT2D eigenvalue weighted by Crippen LogP contribution is -2.43. The number of sulfonamides is 1. The van der Waals surface area contributed by atoms with E-state index in [0.29, 0.717) is 6.54 Å². The highest BCUT2D eigenvalue weighted by Crippen LogP contribution is 2.24. The molecule has 2 fully saturated rings. The van der Waals surface area contributed by atoms with Gasteiger partial charge in [0.15, 0.2) is 0 Å². The van der Waals surface area contributed by atoms with Crippen molar-refractivity contribution in [1.82, 2.24) is 9.62 Å². The highest BCUT2D eigenvalue weighted by atomic mass is 32.2. The van der Waals surface area contributed by atoms with Crippen LogP contribution >= 0.6 is 0 Å². The van der Waals surface area contributed by atoms with Crippen molar-refractivity contribution in [2.24, 2.45) is 0 Å². The summed E-state index contributed by atoms with van der Waals surface area (Å²) in [6, 6.07) is 0.0646. The highest BCUT2D eigenvalue weighted by Gasteiger charge is 2.28. The Bertz CT molecular complexity index is 454. The van der Waals surface area contributed by atoms with Crippen molar-refractivity contribution in [2.75, 3.05) is 26.0 Å². The van der Waals surface area contributed by atoms with Gasteiger partial charge in [0, 0.05) is 32.2 Å². The monoisotopic (exact) mass is 332 g/mol. The van der Waals surface area contributed by atoms with Gasteiger partial charge in [-0.25, -0.2) is 8.42 Å². The van der Waals surface area contributed by atoms with Crippen molar-refractivity contribution in [2.45, 2.75) is 63.5 Å². The summed E-state index contributed by atoms with van der Waals surface area (Å²) < 4.78 is 31.0. The minimum absolute atomic E-state index is 0.0646. The molecule has 1 unspecified atom stereocenters. The Labute approximate surface area is 133 Å². The molecule has 1 atom stereocenters. The lowest BCUT2D eigenvalue weighted by Gasteiger charge is -2.32. The largest absolute Gasteiger partial charge is 0.376 e. The standard InChI is InChI=1S/C15H28N2O4S/c1-22(19,20)17(13-6-3-2-4-7-13)10-9-15(18)16-12-14-8-5-11-21-14/h13-14H,2-12H2,1H3,(H,16,18). The predicted molar refractivity (Wildman–Crippen MR) is 85.0 cm³/mol. The van der Waals surface area contributed by atoms with E-state index in [1.54, 1.807) is 0 Å². The van der Waals surface area contributed by atoms with Crippen LogP contribution in [0.15, 0.2) is 0 Å². The summed E-state index contributed by atoms with van der Waals surface area (Å²) in [5, 5.41) is 2.85. The van der Waals surface area contributed by atoms with E-state index in [1.165, 1.54) is 17.0 Å². The van der Waals surface area contributed by atoms with Crippen molar-refractivity contribution in [3.8, 4) is 0 Å². The maximum atomic E-state index is 12.0. The fourth-order valence-electron chi connectivity index (χ4n) is 3.32. The Morgan fingerprint density at radius 3 is 2.50 bits per heavy atom. The maximum absolute atomic E-state index is 12.0. The Kier molecular flexibility index (Phi) is 6.65. The number of carbonyl (C=O) groups is 1. The summed E-state index contributed by atoms with van der Waals surface area (Å²) in [4.78, 5) is 11.9. The van der Waals surface area contributed by atoms with E-state index in [4.69, 9.17) is 4.74 Å². The minimum atomic E-state index is -3.26. The molecule has 0 spiro atoms. The maximum Gasteiger partial charge on any atom is 0.221 e. The van der Waals surface area contributed by atoms with Gasteiger partial charge < -0.3 is 10.1 Å². The molecule has 1 aliphatic carbocycles. The van der Waals surface area contributed by atoms with Gasteiger partial charge in [-0.05, 0) is 25.7 Å². The molecule has 1 aliphatic heterocycles. The fraction of sp³-hybridized carbons (Fsp3) is 0.933. The highest BCUT2D eigenvalue weighted by molar-refractivity contribution is 7.88. The quantitative estimate of drug-likeness (QED) is 0.762. The zero-order valence-corrected chi connectivity index (χ0v) is 14.2. The number of hydrogen-bond donors (Lipinski definition) is 1. The lowest BCUT2D eigenvalue weighted by molar-refractivity contribution is -0.121. The second kappa shape index (κ2) is 8.26. The molecule has 0 bridgehead atoms. The van der Waals surface area contributed by atoms with E-state index in [-0.39, 0.29) is 31.0 Å². The Morgan fingerprint density at radius 2 is 1.91 bits per heavy atom. The molecule has 0 radical (unpaired) electrons.